The van der Waals surface area contributed by atoms with E-state index in [1.54, 1.807) is 11.3 Å². The van der Waals surface area contributed by atoms with E-state index in [-0.39, 0.29) is 5.82 Å². The molecule has 0 N–H and O–H groups in total. The Hall–Kier alpha value is -1.57. The van der Waals surface area contributed by atoms with Gasteiger partial charge in [-0.2, -0.15) is 0 Å². The summed E-state index contributed by atoms with van der Waals surface area (Å²) >= 11 is 1.67. The van der Waals surface area contributed by atoms with Crippen molar-refractivity contribution in [3.05, 3.63) is 40.7 Å². The van der Waals surface area contributed by atoms with E-state index in [1.807, 2.05) is 12.1 Å². The van der Waals surface area contributed by atoms with Crippen LogP contribution in [0, 0.1) is 5.82 Å². The molecule has 2 aromatic rings. The van der Waals surface area contributed by atoms with Crippen molar-refractivity contribution in [2.24, 2.45) is 0 Å². The molecule has 26 heavy (non-hydrogen) atoms. The molecule has 4 rings (SSSR count). The molecule has 2 saturated heterocycles. The topological polar surface area (TPSA) is 35.5 Å². The average Bonchev–Trinajstić information content (AvgIpc) is 3.33. The van der Waals surface area contributed by atoms with Gasteiger partial charge >= 0.3 is 0 Å². The predicted octanol–water partition coefficient (Wildman–Crippen LogP) is 2.48. The Balaban J connectivity index is 1.33. The molecule has 7 heteroatoms. The summed E-state index contributed by atoms with van der Waals surface area (Å²) in [5.74, 6) is -0.199. The Morgan fingerprint density at radius 3 is 2.58 bits per heavy atom. The number of halogens is 1. The van der Waals surface area contributed by atoms with Gasteiger partial charge in [0.05, 0.1) is 0 Å². The van der Waals surface area contributed by atoms with Gasteiger partial charge in [-0.15, -0.1) is 10.2 Å². The molecule has 3 heterocycles. The normalized spacial score (nSPS) is 22.2. The van der Waals surface area contributed by atoms with Crippen molar-refractivity contribution >= 4 is 16.5 Å². The molecule has 1 aromatic carbocycles. The minimum Gasteiger partial charge on any atom is -0.345 e. The van der Waals surface area contributed by atoms with Gasteiger partial charge in [0.15, 0.2) is 0 Å². The fourth-order valence-electron chi connectivity index (χ4n) is 3.88. The predicted molar refractivity (Wildman–Crippen MR) is 103 cm³/mol. The number of piperazine rings is 1. The summed E-state index contributed by atoms with van der Waals surface area (Å²) in [5, 5.41) is 10.8. The molecule has 0 aliphatic carbocycles. The van der Waals surface area contributed by atoms with Crippen LogP contribution in [0.4, 0.5) is 9.52 Å². The van der Waals surface area contributed by atoms with Gasteiger partial charge in [-0.1, -0.05) is 30.4 Å². The first-order chi connectivity index (χ1) is 12.7. The molecule has 2 aliphatic heterocycles. The lowest BCUT2D eigenvalue weighted by atomic mass is 10.2. The van der Waals surface area contributed by atoms with Crippen molar-refractivity contribution in [1.29, 1.82) is 0 Å². The van der Waals surface area contributed by atoms with Crippen LogP contribution >= 0.6 is 11.3 Å². The Morgan fingerprint density at radius 1 is 1.08 bits per heavy atom. The van der Waals surface area contributed by atoms with Crippen molar-refractivity contribution in [1.82, 2.24) is 20.0 Å². The minimum atomic E-state index is -0.199. The van der Waals surface area contributed by atoms with Crippen LogP contribution in [0.5, 0.6) is 0 Å². The maximum Gasteiger partial charge on any atom is 0.208 e. The Morgan fingerprint density at radius 2 is 1.85 bits per heavy atom. The van der Waals surface area contributed by atoms with E-state index in [0.29, 0.717) is 12.5 Å². The number of hydrogen-bond donors (Lipinski definition) is 0. The molecular formula is C19H26FN5S. The van der Waals surface area contributed by atoms with Crippen LogP contribution in [0.25, 0.3) is 0 Å². The zero-order chi connectivity index (χ0) is 17.9. The number of nitrogens with zero attached hydrogens (tertiary/aromatic N) is 5. The summed E-state index contributed by atoms with van der Waals surface area (Å²) in [6.45, 7) is 10.2. The molecule has 0 radical (unpaired) electrons. The monoisotopic (exact) mass is 375 g/mol. The van der Waals surface area contributed by atoms with Gasteiger partial charge < -0.3 is 9.80 Å². The fraction of sp³-hybridized carbons (Fsp3) is 0.579. The summed E-state index contributed by atoms with van der Waals surface area (Å²) in [7, 11) is 0. The lowest BCUT2D eigenvalue weighted by molar-refractivity contribution is 0.107. The molecule has 0 spiro atoms. The lowest BCUT2D eigenvalue weighted by Crippen LogP contribution is -2.50. The van der Waals surface area contributed by atoms with Gasteiger partial charge in [0, 0.05) is 51.7 Å². The van der Waals surface area contributed by atoms with E-state index >= 15 is 0 Å². The maximum absolute atomic E-state index is 13.0. The fourth-order valence-corrected chi connectivity index (χ4v) is 4.79. The lowest BCUT2D eigenvalue weighted by Gasteiger charge is -2.37. The zero-order valence-corrected chi connectivity index (χ0v) is 16.1. The van der Waals surface area contributed by atoms with Crippen LogP contribution in [0.3, 0.4) is 0 Å². The van der Waals surface area contributed by atoms with E-state index in [2.05, 4.69) is 31.8 Å². The molecule has 0 saturated carbocycles. The highest BCUT2D eigenvalue weighted by Gasteiger charge is 2.31. The third-order valence-electron chi connectivity index (χ3n) is 5.53. The highest BCUT2D eigenvalue weighted by molar-refractivity contribution is 7.15. The third kappa shape index (κ3) is 4.05. The average molecular weight is 376 g/mol. The third-order valence-corrected chi connectivity index (χ3v) is 6.51. The van der Waals surface area contributed by atoms with Gasteiger partial charge in [0.2, 0.25) is 5.13 Å². The molecule has 5 nitrogen and oxygen atoms in total. The largest absolute Gasteiger partial charge is 0.345 e. The number of anilines is 1. The summed E-state index contributed by atoms with van der Waals surface area (Å²) in [4.78, 5) is 7.55. The molecule has 2 fully saturated rings. The first-order valence-corrected chi connectivity index (χ1v) is 10.3. The molecule has 2 aliphatic rings. The molecule has 1 unspecified atom stereocenters. The van der Waals surface area contributed by atoms with Crippen LogP contribution in [-0.4, -0.2) is 71.9 Å². The second-order valence-electron chi connectivity index (χ2n) is 7.14. The van der Waals surface area contributed by atoms with Crippen LogP contribution in [0.2, 0.25) is 0 Å². The van der Waals surface area contributed by atoms with Gasteiger partial charge in [0.25, 0.3) is 0 Å². The van der Waals surface area contributed by atoms with Crippen molar-refractivity contribution in [3.63, 3.8) is 0 Å². The number of hydrogen-bond acceptors (Lipinski definition) is 6. The van der Waals surface area contributed by atoms with Gasteiger partial charge in [-0.25, -0.2) is 4.39 Å². The quantitative estimate of drug-likeness (QED) is 0.802. The molecule has 0 amide bonds. The zero-order valence-electron chi connectivity index (χ0n) is 15.3. The Bertz CT molecular complexity index is 711. The van der Waals surface area contributed by atoms with Crippen molar-refractivity contribution < 1.29 is 4.39 Å². The van der Waals surface area contributed by atoms with Crippen LogP contribution in [0.1, 0.15) is 23.9 Å². The highest BCUT2D eigenvalue weighted by atomic mass is 32.1. The first-order valence-electron chi connectivity index (χ1n) is 9.49. The van der Waals surface area contributed by atoms with Crippen molar-refractivity contribution in [3.8, 4) is 0 Å². The molecular weight excluding hydrogens is 349 g/mol. The smallest absolute Gasteiger partial charge is 0.208 e. The Kier molecular flexibility index (Phi) is 5.47. The molecule has 1 atom stereocenters. The van der Waals surface area contributed by atoms with Gasteiger partial charge in [0.1, 0.15) is 10.8 Å². The van der Waals surface area contributed by atoms with Crippen molar-refractivity contribution in [2.75, 3.05) is 50.7 Å². The highest BCUT2D eigenvalue weighted by Crippen LogP contribution is 2.27. The van der Waals surface area contributed by atoms with Crippen LogP contribution in [0.15, 0.2) is 24.3 Å². The first kappa shape index (κ1) is 17.8. The van der Waals surface area contributed by atoms with Gasteiger partial charge in [-0.3, -0.25) is 4.90 Å². The van der Waals surface area contributed by atoms with Crippen LogP contribution in [-0.2, 0) is 6.42 Å². The second kappa shape index (κ2) is 7.98. The van der Waals surface area contributed by atoms with Crippen LogP contribution < -0.4 is 4.90 Å². The second-order valence-corrected chi connectivity index (χ2v) is 8.18. The molecule has 140 valence electrons. The van der Waals surface area contributed by atoms with E-state index in [1.165, 1.54) is 44.7 Å². The van der Waals surface area contributed by atoms with E-state index in [4.69, 9.17) is 0 Å². The van der Waals surface area contributed by atoms with E-state index in [9.17, 15) is 4.39 Å². The summed E-state index contributed by atoms with van der Waals surface area (Å²) in [6, 6.07) is 7.27. The molecule has 0 bridgehead atoms. The number of aromatic nitrogens is 2. The molecule has 1 aromatic heterocycles. The van der Waals surface area contributed by atoms with Crippen molar-refractivity contribution in [2.45, 2.75) is 25.8 Å². The van der Waals surface area contributed by atoms with Gasteiger partial charge in [-0.05, 0) is 30.7 Å². The minimum absolute atomic E-state index is 0.199. The summed E-state index contributed by atoms with van der Waals surface area (Å²) in [5.41, 5.74) is 1.07. The standard InChI is InChI=1S/C19H26FN5S/c1-2-23-9-11-24(12-10-23)17-7-8-25(14-17)19-22-21-18(26-19)13-15-3-5-16(20)6-4-15/h3-6,17H,2,7-14H2,1H3. The summed E-state index contributed by atoms with van der Waals surface area (Å²) in [6.07, 6.45) is 1.92. The van der Waals surface area contributed by atoms with E-state index in [0.717, 1.165) is 35.3 Å². The van der Waals surface area contributed by atoms with E-state index < -0.39 is 0 Å². The maximum atomic E-state index is 13.0. The SMILES string of the molecule is CCN1CCN(C2CCN(c3nnc(Cc4ccc(F)cc4)s3)C2)CC1. The number of rotatable bonds is 5. The summed E-state index contributed by atoms with van der Waals surface area (Å²) < 4.78 is 13.0. The number of benzene rings is 1. The Labute approximate surface area is 158 Å². The number of likely N-dealkylation sites (N-methyl/N-ethyl adjacent to an activating group) is 1.